The highest BCUT2D eigenvalue weighted by Gasteiger charge is 2.25. The molecule has 2 heterocycles. The van der Waals surface area contributed by atoms with Crippen LogP contribution in [0, 0.1) is 10.1 Å². The highest BCUT2D eigenvalue weighted by molar-refractivity contribution is 7.88. The van der Waals surface area contributed by atoms with Crippen LogP contribution in [0.1, 0.15) is 16.1 Å². The molecule has 0 atom stereocenters. The van der Waals surface area contributed by atoms with Crippen molar-refractivity contribution >= 4 is 27.4 Å². The minimum absolute atomic E-state index is 0.0405. The molecule has 0 aliphatic carbocycles. The largest absolute Gasteiger partial charge is 0.454 e. The molecule has 30 heavy (non-hydrogen) atoms. The number of nitrogens with zero attached hydrogens (tertiary/aromatic N) is 3. The molecule has 0 amide bonds. The fourth-order valence-corrected chi connectivity index (χ4v) is 3.66. The monoisotopic (exact) mass is 439 g/mol. The third kappa shape index (κ3) is 4.61. The van der Waals surface area contributed by atoms with E-state index in [1.165, 1.54) is 38.4 Å². The number of furan rings is 1. The number of carbonyl (C=O) groups is 1. The number of non-ortho nitro benzene ring substituents is 1. The summed E-state index contributed by atoms with van der Waals surface area (Å²) in [6.45, 7) is 1.68. The number of ether oxygens (including phenoxy) is 2. The summed E-state index contributed by atoms with van der Waals surface area (Å²) in [5.41, 5.74) is 0.305. The lowest BCUT2D eigenvalue weighted by Gasteiger charge is -2.30. The summed E-state index contributed by atoms with van der Waals surface area (Å²) >= 11 is 0. The number of nitro benzene ring substituents is 1. The lowest BCUT2D eigenvalue weighted by molar-refractivity contribution is -0.384. The first kappa shape index (κ1) is 21.7. The molecule has 0 unspecified atom stereocenters. The Morgan fingerprint density at radius 3 is 2.57 bits per heavy atom. The molecule has 1 aliphatic heterocycles. The van der Waals surface area contributed by atoms with Gasteiger partial charge in [0.05, 0.1) is 29.4 Å². The summed E-state index contributed by atoms with van der Waals surface area (Å²) in [7, 11) is -1.01. The average Bonchev–Trinajstić information content (AvgIpc) is 3.22. The normalized spacial score (nSPS) is 14.7. The second-order valence-corrected chi connectivity index (χ2v) is 8.73. The lowest BCUT2D eigenvalue weighted by Crippen LogP contribution is -2.37. The fraction of sp³-hybridized carbons (Fsp3) is 0.389. The van der Waals surface area contributed by atoms with Crippen LogP contribution in [0.15, 0.2) is 39.8 Å². The van der Waals surface area contributed by atoms with Crippen molar-refractivity contribution in [1.29, 1.82) is 0 Å². The van der Waals surface area contributed by atoms with Crippen LogP contribution in [0.5, 0.6) is 0 Å². The van der Waals surface area contributed by atoms with E-state index in [1.807, 2.05) is 4.90 Å². The Labute approximate surface area is 173 Å². The number of rotatable bonds is 7. The van der Waals surface area contributed by atoms with Crippen LogP contribution in [0.25, 0.3) is 0 Å². The summed E-state index contributed by atoms with van der Waals surface area (Å²) in [4.78, 5) is 25.1. The first-order valence-corrected chi connectivity index (χ1v) is 10.4. The third-order valence-corrected chi connectivity index (χ3v) is 6.17. The Hall–Kier alpha value is -2.96. The summed E-state index contributed by atoms with van der Waals surface area (Å²) in [5.74, 6) is -0.657. The van der Waals surface area contributed by atoms with Gasteiger partial charge in [0, 0.05) is 39.3 Å². The number of hydrogen-bond donors (Lipinski definition) is 0. The summed E-state index contributed by atoms with van der Waals surface area (Å²) in [6, 6.07) is 6.66. The SMILES string of the molecule is CN(C)S(=O)(=O)c1ccc(COC(=O)c2cc([N+](=O)[O-])ccc2N2CCOCC2)o1. The van der Waals surface area contributed by atoms with Gasteiger partial charge in [-0.05, 0) is 18.2 Å². The topological polar surface area (TPSA) is 132 Å². The Morgan fingerprint density at radius 1 is 1.23 bits per heavy atom. The molecule has 162 valence electrons. The molecule has 1 aliphatic rings. The second kappa shape index (κ2) is 8.81. The lowest BCUT2D eigenvalue weighted by atomic mass is 10.1. The van der Waals surface area contributed by atoms with Gasteiger partial charge in [-0.25, -0.2) is 17.5 Å². The molecule has 1 aromatic carbocycles. The van der Waals surface area contributed by atoms with Crippen LogP contribution in [-0.2, 0) is 26.1 Å². The maximum atomic E-state index is 12.7. The van der Waals surface area contributed by atoms with Crippen LogP contribution in [0.2, 0.25) is 0 Å². The number of morpholine rings is 1. The zero-order valence-electron chi connectivity index (χ0n) is 16.4. The average molecular weight is 439 g/mol. The molecular weight excluding hydrogens is 418 g/mol. The summed E-state index contributed by atoms with van der Waals surface area (Å²) in [6.07, 6.45) is 0. The van der Waals surface area contributed by atoms with Gasteiger partial charge >= 0.3 is 5.97 Å². The van der Waals surface area contributed by atoms with Crippen molar-refractivity contribution in [2.24, 2.45) is 0 Å². The van der Waals surface area contributed by atoms with Crippen LogP contribution >= 0.6 is 0 Å². The number of nitro groups is 1. The molecule has 0 spiro atoms. The predicted molar refractivity (Wildman–Crippen MR) is 105 cm³/mol. The minimum Gasteiger partial charge on any atom is -0.454 e. The standard InChI is InChI=1S/C18H21N3O8S/c1-19(2)30(25,26)17-6-4-14(29-17)12-28-18(22)15-11-13(21(23)24)3-5-16(15)20-7-9-27-10-8-20/h3-6,11H,7-10,12H2,1-2H3. The molecule has 0 bridgehead atoms. The highest BCUT2D eigenvalue weighted by Crippen LogP contribution is 2.27. The van der Waals surface area contributed by atoms with Gasteiger partial charge in [-0.15, -0.1) is 0 Å². The van der Waals surface area contributed by atoms with Crippen molar-refractivity contribution in [3.05, 3.63) is 51.8 Å². The first-order valence-electron chi connectivity index (χ1n) is 8.99. The van der Waals surface area contributed by atoms with Crippen molar-refractivity contribution in [3.63, 3.8) is 0 Å². The van der Waals surface area contributed by atoms with Gasteiger partial charge in [0.1, 0.15) is 12.4 Å². The predicted octanol–water partition coefficient (Wildman–Crippen LogP) is 1.63. The number of anilines is 1. The van der Waals surface area contributed by atoms with Crippen LogP contribution in [-0.4, -0.2) is 64.0 Å². The zero-order chi connectivity index (χ0) is 21.9. The quantitative estimate of drug-likeness (QED) is 0.358. The number of carbonyl (C=O) groups excluding carboxylic acids is 1. The summed E-state index contributed by atoms with van der Waals surface area (Å²) in [5, 5.41) is 10.9. The molecular formula is C18H21N3O8S. The van der Waals surface area contributed by atoms with Crippen LogP contribution in [0.4, 0.5) is 11.4 Å². The molecule has 1 fully saturated rings. The number of sulfonamides is 1. The smallest absolute Gasteiger partial charge is 0.340 e. The van der Waals surface area contributed by atoms with Gasteiger partial charge in [-0.3, -0.25) is 10.1 Å². The third-order valence-electron chi connectivity index (χ3n) is 4.48. The van der Waals surface area contributed by atoms with E-state index in [-0.39, 0.29) is 28.7 Å². The van der Waals surface area contributed by atoms with E-state index in [0.29, 0.717) is 32.0 Å². The van der Waals surface area contributed by atoms with Crippen molar-refractivity contribution in [1.82, 2.24) is 4.31 Å². The van der Waals surface area contributed by atoms with E-state index >= 15 is 0 Å². The fourth-order valence-electron chi connectivity index (χ4n) is 2.85. The van der Waals surface area contributed by atoms with Crippen LogP contribution in [0.3, 0.4) is 0 Å². The van der Waals surface area contributed by atoms with Crippen LogP contribution < -0.4 is 4.90 Å². The van der Waals surface area contributed by atoms with E-state index in [2.05, 4.69) is 0 Å². The highest BCUT2D eigenvalue weighted by atomic mass is 32.2. The van der Waals surface area contributed by atoms with Crippen molar-refractivity contribution < 1.29 is 32.0 Å². The van der Waals surface area contributed by atoms with E-state index in [0.717, 1.165) is 10.4 Å². The molecule has 0 N–H and O–H groups in total. The Morgan fingerprint density at radius 2 is 1.93 bits per heavy atom. The maximum absolute atomic E-state index is 12.7. The van der Waals surface area contributed by atoms with E-state index < -0.39 is 20.9 Å². The van der Waals surface area contributed by atoms with Gasteiger partial charge in [-0.1, -0.05) is 0 Å². The zero-order valence-corrected chi connectivity index (χ0v) is 17.3. The van der Waals surface area contributed by atoms with Gasteiger partial charge in [0.15, 0.2) is 0 Å². The van der Waals surface area contributed by atoms with Crippen molar-refractivity contribution in [3.8, 4) is 0 Å². The number of benzene rings is 1. The Kier molecular flexibility index (Phi) is 6.39. The maximum Gasteiger partial charge on any atom is 0.340 e. The number of esters is 1. The van der Waals surface area contributed by atoms with Gasteiger partial charge in [0.25, 0.3) is 15.7 Å². The summed E-state index contributed by atoms with van der Waals surface area (Å²) < 4.78 is 41.0. The Bertz CT molecular complexity index is 1040. The molecule has 12 heteroatoms. The molecule has 2 aromatic rings. The van der Waals surface area contributed by atoms with E-state index in [4.69, 9.17) is 13.9 Å². The Balaban J connectivity index is 1.80. The number of hydrogen-bond acceptors (Lipinski definition) is 9. The molecule has 1 aromatic heterocycles. The first-order chi connectivity index (χ1) is 14.2. The minimum atomic E-state index is -3.75. The van der Waals surface area contributed by atoms with Gasteiger partial charge in [0.2, 0.25) is 5.09 Å². The second-order valence-electron chi connectivity index (χ2n) is 6.64. The van der Waals surface area contributed by atoms with Gasteiger partial charge < -0.3 is 18.8 Å². The van der Waals surface area contributed by atoms with Gasteiger partial charge in [-0.2, -0.15) is 0 Å². The van der Waals surface area contributed by atoms with Crippen molar-refractivity contribution in [2.45, 2.75) is 11.7 Å². The molecule has 1 saturated heterocycles. The molecule has 0 radical (unpaired) electrons. The molecule has 11 nitrogen and oxygen atoms in total. The van der Waals surface area contributed by atoms with E-state index in [9.17, 15) is 23.3 Å². The van der Waals surface area contributed by atoms with Crippen molar-refractivity contribution in [2.75, 3.05) is 45.3 Å². The van der Waals surface area contributed by atoms with E-state index in [1.54, 1.807) is 0 Å². The molecule has 3 rings (SSSR count). The molecule has 0 saturated carbocycles.